The fraction of sp³-hybridized carbons (Fsp3) is 1.00. The number of hydrogen-bond donors (Lipinski definition) is 0. The second kappa shape index (κ2) is 18.6. The zero-order valence-electron chi connectivity index (χ0n) is 17.4. The van der Waals surface area contributed by atoms with Crippen LogP contribution in [0.3, 0.4) is 0 Å². The second-order valence-electron chi connectivity index (χ2n) is 7.12. The van der Waals surface area contributed by atoms with Crippen molar-refractivity contribution in [3.8, 4) is 0 Å². The first-order chi connectivity index (χ1) is 12.2. The van der Waals surface area contributed by atoms with Crippen LogP contribution in [0.15, 0.2) is 0 Å². The molecule has 0 N–H and O–H groups in total. The molecule has 0 radical (unpaired) electrons. The van der Waals surface area contributed by atoms with E-state index in [4.69, 9.17) is 18.9 Å². The average molecular weight is 361 g/mol. The zero-order valence-corrected chi connectivity index (χ0v) is 17.4. The standard InChI is InChI=1S/C21H44O4/c1-5-9-13-22-17-21(18-23-14-10-6-2,19-24-15-11-7-3)20-25-16-12-8-4/h5-20H2,1-4H3. The monoisotopic (exact) mass is 360 g/mol. The van der Waals surface area contributed by atoms with Crippen LogP contribution in [0, 0.1) is 5.41 Å². The van der Waals surface area contributed by atoms with Gasteiger partial charge in [-0.2, -0.15) is 0 Å². The molecule has 0 heterocycles. The third-order valence-corrected chi connectivity index (χ3v) is 4.20. The summed E-state index contributed by atoms with van der Waals surface area (Å²) in [6.07, 6.45) is 9.00. The Morgan fingerprint density at radius 3 is 0.880 bits per heavy atom. The molecule has 0 aromatic carbocycles. The van der Waals surface area contributed by atoms with Crippen molar-refractivity contribution >= 4 is 0 Å². The van der Waals surface area contributed by atoms with E-state index in [1.807, 2.05) is 0 Å². The molecule has 25 heavy (non-hydrogen) atoms. The van der Waals surface area contributed by atoms with Gasteiger partial charge in [-0.05, 0) is 25.7 Å². The van der Waals surface area contributed by atoms with Gasteiger partial charge in [0.15, 0.2) is 0 Å². The van der Waals surface area contributed by atoms with Crippen molar-refractivity contribution in [1.82, 2.24) is 0 Å². The number of hydrogen-bond acceptors (Lipinski definition) is 4. The largest absolute Gasteiger partial charge is 0.381 e. The van der Waals surface area contributed by atoms with E-state index in [1.54, 1.807) is 0 Å². The van der Waals surface area contributed by atoms with Gasteiger partial charge in [-0.15, -0.1) is 0 Å². The summed E-state index contributed by atoms with van der Waals surface area (Å²) in [5.41, 5.74) is -0.192. The molecule has 0 atom stereocenters. The molecule has 0 bridgehead atoms. The zero-order chi connectivity index (χ0) is 18.6. The number of ether oxygens (including phenoxy) is 4. The van der Waals surface area contributed by atoms with Crippen molar-refractivity contribution in [2.45, 2.75) is 79.1 Å². The molecule has 4 nitrogen and oxygen atoms in total. The summed E-state index contributed by atoms with van der Waals surface area (Å²) in [4.78, 5) is 0. The lowest BCUT2D eigenvalue weighted by atomic mass is 9.92. The minimum absolute atomic E-state index is 0.192. The fourth-order valence-electron chi connectivity index (χ4n) is 2.39. The van der Waals surface area contributed by atoms with Crippen LogP contribution in [-0.4, -0.2) is 52.9 Å². The first-order valence-electron chi connectivity index (χ1n) is 10.6. The maximum atomic E-state index is 5.97. The molecule has 0 rings (SSSR count). The maximum Gasteiger partial charge on any atom is 0.0637 e. The van der Waals surface area contributed by atoms with Gasteiger partial charge in [0.05, 0.1) is 31.8 Å². The van der Waals surface area contributed by atoms with Crippen molar-refractivity contribution in [2.75, 3.05) is 52.9 Å². The Balaban J connectivity index is 4.62. The normalized spacial score (nSPS) is 12.0. The molecule has 4 heteroatoms. The summed E-state index contributed by atoms with van der Waals surface area (Å²) in [6.45, 7) is 14.6. The molecular weight excluding hydrogens is 316 g/mol. The molecule has 0 aromatic heterocycles. The molecule has 0 saturated heterocycles. The van der Waals surface area contributed by atoms with Gasteiger partial charge in [-0.3, -0.25) is 0 Å². The van der Waals surface area contributed by atoms with Gasteiger partial charge < -0.3 is 18.9 Å². The molecule has 0 spiro atoms. The lowest BCUT2D eigenvalue weighted by Gasteiger charge is -2.33. The average Bonchev–Trinajstić information content (AvgIpc) is 2.63. The molecule has 0 aliphatic heterocycles. The Morgan fingerprint density at radius 1 is 0.440 bits per heavy atom. The third kappa shape index (κ3) is 14.7. The minimum atomic E-state index is -0.192. The van der Waals surface area contributed by atoms with E-state index in [9.17, 15) is 0 Å². The summed E-state index contributed by atoms with van der Waals surface area (Å²) in [5.74, 6) is 0. The molecule has 152 valence electrons. The summed E-state index contributed by atoms with van der Waals surface area (Å²) in [6, 6.07) is 0. The topological polar surface area (TPSA) is 36.9 Å². The van der Waals surface area contributed by atoms with Crippen LogP contribution < -0.4 is 0 Å². The minimum Gasteiger partial charge on any atom is -0.381 e. The molecule has 0 amide bonds. The van der Waals surface area contributed by atoms with Gasteiger partial charge in [0, 0.05) is 26.4 Å². The van der Waals surface area contributed by atoms with Crippen LogP contribution in [0.1, 0.15) is 79.1 Å². The summed E-state index contributed by atoms with van der Waals surface area (Å²) < 4.78 is 23.9. The Morgan fingerprint density at radius 2 is 0.680 bits per heavy atom. The molecule has 0 aliphatic rings. The van der Waals surface area contributed by atoms with E-state index in [2.05, 4.69) is 27.7 Å². The predicted octanol–water partition coefficient (Wildman–Crippen LogP) is 5.24. The fourth-order valence-corrected chi connectivity index (χ4v) is 2.39. The Kier molecular flexibility index (Phi) is 18.5. The first-order valence-corrected chi connectivity index (χ1v) is 10.6. The highest BCUT2D eigenvalue weighted by Gasteiger charge is 2.32. The van der Waals surface area contributed by atoms with E-state index in [0.717, 1.165) is 77.8 Å². The van der Waals surface area contributed by atoms with Crippen molar-refractivity contribution in [2.24, 2.45) is 5.41 Å². The predicted molar refractivity (Wildman–Crippen MR) is 105 cm³/mol. The first kappa shape index (κ1) is 24.8. The van der Waals surface area contributed by atoms with E-state index in [-0.39, 0.29) is 5.41 Å². The van der Waals surface area contributed by atoms with E-state index < -0.39 is 0 Å². The summed E-state index contributed by atoms with van der Waals surface area (Å²) >= 11 is 0. The highest BCUT2D eigenvalue weighted by Crippen LogP contribution is 2.21. The lowest BCUT2D eigenvalue weighted by molar-refractivity contribution is -0.107. The highest BCUT2D eigenvalue weighted by molar-refractivity contribution is 4.79. The van der Waals surface area contributed by atoms with Crippen LogP contribution in [0.5, 0.6) is 0 Å². The van der Waals surface area contributed by atoms with Crippen LogP contribution in [0.4, 0.5) is 0 Å². The van der Waals surface area contributed by atoms with Crippen LogP contribution in [-0.2, 0) is 18.9 Å². The third-order valence-electron chi connectivity index (χ3n) is 4.20. The van der Waals surface area contributed by atoms with Gasteiger partial charge in [0.25, 0.3) is 0 Å². The number of unbranched alkanes of at least 4 members (excludes halogenated alkanes) is 4. The Bertz CT molecular complexity index is 205. The molecule has 0 unspecified atom stereocenters. The maximum absolute atomic E-state index is 5.97. The van der Waals surface area contributed by atoms with E-state index >= 15 is 0 Å². The second-order valence-corrected chi connectivity index (χ2v) is 7.12. The van der Waals surface area contributed by atoms with E-state index in [0.29, 0.717) is 26.4 Å². The van der Waals surface area contributed by atoms with Crippen molar-refractivity contribution < 1.29 is 18.9 Å². The van der Waals surface area contributed by atoms with Crippen molar-refractivity contribution in [1.29, 1.82) is 0 Å². The lowest BCUT2D eigenvalue weighted by Crippen LogP contribution is -2.42. The van der Waals surface area contributed by atoms with Gasteiger partial charge in [-0.25, -0.2) is 0 Å². The van der Waals surface area contributed by atoms with Gasteiger partial charge in [-0.1, -0.05) is 53.4 Å². The van der Waals surface area contributed by atoms with Gasteiger partial charge in [0.2, 0.25) is 0 Å². The SMILES string of the molecule is CCCCOCC(COCCCC)(COCCCC)COCCCC. The highest BCUT2D eigenvalue weighted by atomic mass is 16.5. The van der Waals surface area contributed by atoms with Gasteiger partial charge in [0.1, 0.15) is 0 Å². The van der Waals surface area contributed by atoms with Gasteiger partial charge >= 0.3 is 0 Å². The van der Waals surface area contributed by atoms with Crippen LogP contribution in [0.25, 0.3) is 0 Å². The van der Waals surface area contributed by atoms with E-state index in [1.165, 1.54) is 0 Å². The Hall–Kier alpha value is -0.160. The molecule has 0 aliphatic carbocycles. The number of rotatable bonds is 20. The molecule has 0 aromatic rings. The summed E-state index contributed by atoms with van der Waals surface area (Å²) in [7, 11) is 0. The summed E-state index contributed by atoms with van der Waals surface area (Å²) in [5, 5.41) is 0. The van der Waals surface area contributed by atoms with Crippen LogP contribution in [0.2, 0.25) is 0 Å². The quantitative estimate of drug-likeness (QED) is 0.278. The smallest absolute Gasteiger partial charge is 0.0637 e. The molecule has 0 saturated carbocycles. The van der Waals surface area contributed by atoms with Crippen molar-refractivity contribution in [3.05, 3.63) is 0 Å². The Labute approximate surface area is 156 Å². The van der Waals surface area contributed by atoms with Crippen LogP contribution >= 0.6 is 0 Å². The molecule has 0 fully saturated rings. The van der Waals surface area contributed by atoms with Crippen molar-refractivity contribution in [3.63, 3.8) is 0 Å². The molecular formula is C21H44O4.